The minimum Gasteiger partial charge on any atom is -0.476 e. The number of carbonyl (C=O) groups is 2. The second-order valence-electron chi connectivity index (χ2n) is 9.18. The molecule has 1 N–H and O–H groups in total. The van der Waals surface area contributed by atoms with Gasteiger partial charge in [-0.2, -0.15) is 0 Å². The summed E-state index contributed by atoms with van der Waals surface area (Å²) in [5.74, 6) is -4.78. The maximum absolute atomic E-state index is 15.4. The molecule has 2 aromatic carbocycles. The van der Waals surface area contributed by atoms with Gasteiger partial charge in [-0.25, -0.2) is 8.78 Å². The summed E-state index contributed by atoms with van der Waals surface area (Å²) < 4.78 is 75.7. The number of alkyl halides is 3. The monoisotopic (exact) mass is 520 g/mol. The van der Waals surface area contributed by atoms with Gasteiger partial charge in [0, 0.05) is 6.42 Å². The Morgan fingerprint density at radius 1 is 1.20 bits per heavy atom. The summed E-state index contributed by atoms with van der Waals surface area (Å²) in [5.41, 5.74) is -0.670. The number of rotatable bonds is 5. The Morgan fingerprint density at radius 3 is 2.43 bits per heavy atom. The van der Waals surface area contributed by atoms with Crippen molar-refractivity contribution in [2.45, 2.75) is 53.1 Å². The number of nitrogens with one attached hydrogen (secondary N) is 1. The van der Waals surface area contributed by atoms with E-state index in [2.05, 4.69) is 10.1 Å². The first kappa shape index (κ1) is 26.5. The third-order valence-electron chi connectivity index (χ3n) is 4.87. The largest absolute Gasteiger partial charge is 0.573 e. The van der Waals surface area contributed by atoms with Gasteiger partial charge in [-0.3, -0.25) is 9.59 Å². The molecule has 6 nitrogen and oxygen atoms in total. The minimum absolute atomic E-state index is 0.0829. The summed E-state index contributed by atoms with van der Waals surface area (Å²) in [7, 11) is 0. The van der Waals surface area contributed by atoms with Crippen molar-refractivity contribution in [2.24, 2.45) is 5.41 Å². The van der Waals surface area contributed by atoms with Gasteiger partial charge in [0.05, 0.1) is 22.9 Å². The summed E-state index contributed by atoms with van der Waals surface area (Å²) in [4.78, 5) is 26.2. The van der Waals surface area contributed by atoms with Gasteiger partial charge in [-0.15, -0.1) is 13.2 Å². The smallest absolute Gasteiger partial charge is 0.476 e. The van der Waals surface area contributed by atoms with Crippen molar-refractivity contribution < 1.29 is 41.0 Å². The van der Waals surface area contributed by atoms with Gasteiger partial charge < -0.3 is 19.7 Å². The summed E-state index contributed by atoms with van der Waals surface area (Å²) in [6, 6.07) is 3.90. The van der Waals surface area contributed by atoms with Crippen molar-refractivity contribution in [3.63, 3.8) is 0 Å². The van der Waals surface area contributed by atoms with E-state index in [9.17, 15) is 27.2 Å². The number of ether oxygens (including phenoxy) is 2. The Morgan fingerprint density at radius 2 is 1.86 bits per heavy atom. The number of benzene rings is 2. The van der Waals surface area contributed by atoms with E-state index in [0.717, 1.165) is 23.1 Å². The molecule has 0 saturated carbocycles. The van der Waals surface area contributed by atoms with Crippen LogP contribution in [0.25, 0.3) is 0 Å². The summed E-state index contributed by atoms with van der Waals surface area (Å²) in [5, 5.41) is 2.21. The molecule has 2 amide bonds. The first-order chi connectivity index (χ1) is 16.1. The fourth-order valence-corrected chi connectivity index (χ4v) is 3.68. The number of anilines is 2. The molecule has 35 heavy (non-hydrogen) atoms. The summed E-state index contributed by atoms with van der Waals surface area (Å²) >= 11 is 6.21. The van der Waals surface area contributed by atoms with Gasteiger partial charge in [-0.1, -0.05) is 38.4 Å². The van der Waals surface area contributed by atoms with Crippen LogP contribution in [0.1, 0.15) is 39.7 Å². The second-order valence-corrected chi connectivity index (χ2v) is 9.59. The van der Waals surface area contributed by atoms with Crippen LogP contribution >= 0.6 is 11.6 Å². The zero-order chi connectivity index (χ0) is 26.3. The van der Waals surface area contributed by atoms with Crippen molar-refractivity contribution >= 4 is 34.8 Å². The highest BCUT2D eigenvalue weighted by Crippen LogP contribution is 2.44. The highest BCUT2D eigenvalue weighted by atomic mass is 35.5. The van der Waals surface area contributed by atoms with E-state index >= 15 is 4.39 Å². The molecular formula is C23H22ClF5N2O4. The van der Waals surface area contributed by atoms with E-state index in [4.69, 9.17) is 16.3 Å². The third-order valence-corrected chi connectivity index (χ3v) is 5.17. The van der Waals surface area contributed by atoms with Crippen molar-refractivity contribution in [1.82, 2.24) is 0 Å². The molecule has 0 bridgehead atoms. The Labute approximate surface area is 202 Å². The molecule has 0 aliphatic carbocycles. The van der Waals surface area contributed by atoms with Gasteiger partial charge in [0.2, 0.25) is 5.91 Å². The average Bonchev–Trinajstić information content (AvgIpc) is 2.69. The lowest BCUT2D eigenvalue weighted by molar-refractivity contribution is -0.275. The van der Waals surface area contributed by atoms with E-state index < -0.39 is 41.7 Å². The van der Waals surface area contributed by atoms with E-state index in [0.29, 0.717) is 0 Å². The van der Waals surface area contributed by atoms with Gasteiger partial charge >= 0.3 is 6.36 Å². The van der Waals surface area contributed by atoms with Crippen molar-refractivity contribution in [3.05, 3.63) is 46.5 Å². The molecule has 1 atom stereocenters. The number of carbonyl (C=O) groups excluding carboxylic acids is 2. The predicted molar refractivity (Wildman–Crippen MR) is 118 cm³/mol. The van der Waals surface area contributed by atoms with Crippen molar-refractivity contribution in [2.75, 3.05) is 10.2 Å². The molecule has 12 heteroatoms. The number of nitrogens with zero attached hydrogens (tertiary/aromatic N) is 1. The number of halogens is 6. The van der Waals surface area contributed by atoms with Crippen LogP contribution in [0.3, 0.4) is 0 Å². The van der Waals surface area contributed by atoms with E-state index in [1.807, 2.05) is 20.8 Å². The normalized spacial score (nSPS) is 16.0. The summed E-state index contributed by atoms with van der Waals surface area (Å²) in [6.45, 7) is 6.53. The van der Waals surface area contributed by atoms with E-state index in [-0.39, 0.29) is 46.1 Å². The third kappa shape index (κ3) is 6.33. The molecule has 3 rings (SSSR count). The molecule has 2 aromatic rings. The highest BCUT2D eigenvalue weighted by Gasteiger charge is 2.36. The number of hydrogen-bond donors (Lipinski definition) is 1. The lowest BCUT2D eigenvalue weighted by atomic mass is 9.92. The predicted octanol–water partition coefficient (Wildman–Crippen LogP) is 6.21. The van der Waals surface area contributed by atoms with Gasteiger partial charge in [0.25, 0.3) is 5.91 Å². The molecule has 0 spiro atoms. The lowest BCUT2D eigenvalue weighted by Crippen LogP contribution is -2.44. The number of amides is 2. The van der Waals surface area contributed by atoms with Crippen LogP contribution in [-0.2, 0) is 16.1 Å². The van der Waals surface area contributed by atoms with E-state index in [1.54, 1.807) is 0 Å². The van der Waals surface area contributed by atoms with Gasteiger partial charge in [0.1, 0.15) is 0 Å². The fraction of sp³-hybridized carbons (Fsp3) is 0.391. The van der Waals surface area contributed by atoms with Gasteiger partial charge in [0.15, 0.2) is 29.2 Å². The van der Waals surface area contributed by atoms with Crippen LogP contribution in [0.2, 0.25) is 5.02 Å². The number of hydrogen-bond acceptors (Lipinski definition) is 4. The topological polar surface area (TPSA) is 67.9 Å². The molecule has 1 unspecified atom stereocenters. The standard InChI is InChI=1S/C23H22ClF5N2O4/c1-11-21(33)31(10-12-5-6-16(14(25)7-12)35-23(27,28)29)15-8-13(24)19(18(26)20(15)34-11)30-17(32)9-22(2,3)4/h5-8,11H,9-10H2,1-4H3,(H,30,32). The highest BCUT2D eigenvalue weighted by molar-refractivity contribution is 6.34. The summed E-state index contributed by atoms with van der Waals surface area (Å²) in [6.07, 6.45) is -6.14. The quantitative estimate of drug-likeness (QED) is 0.476. The van der Waals surface area contributed by atoms with Crippen LogP contribution in [0.15, 0.2) is 24.3 Å². The Hall–Kier alpha value is -3.08. The molecule has 0 aromatic heterocycles. The lowest BCUT2D eigenvalue weighted by Gasteiger charge is -2.34. The maximum Gasteiger partial charge on any atom is 0.573 e. The molecule has 0 fully saturated rings. The molecular weight excluding hydrogens is 499 g/mol. The Bertz CT molecular complexity index is 1160. The first-order valence-corrected chi connectivity index (χ1v) is 10.8. The molecule has 1 aliphatic heterocycles. The molecule has 190 valence electrons. The zero-order valence-electron chi connectivity index (χ0n) is 19.1. The van der Waals surface area contributed by atoms with Crippen LogP contribution < -0.4 is 19.7 Å². The Kier molecular flexibility index (Phi) is 7.21. The fourth-order valence-electron chi connectivity index (χ4n) is 3.44. The van der Waals surface area contributed by atoms with Crippen LogP contribution in [0.5, 0.6) is 11.5 Å². The second kappa shape index (κ2) is 9.52. The maximum atomic E-state index is 15.4. The SMILES string of the molecule is CC1Oc2c(cc(Cl)c(NC(=O)CC(C)(C)C)c2F)N(Cc2ccc(OC(F)(F)F)c(F)c2)C1=O. The molecule has 0 radical (unpaired) electrons. The van der Waals surface area contributed by atoms with E-state index in [1.165, 1.54) is 13.0 Å². The Balaban J connectivity index is 1.94. The molecule has 1 heterocycles. The van der Waals surface area contributed by atoms with Crippen molar-refractivity contribution in [3.8, 4) is 11.5 Å². The van der Waals surface area contributed by atoms with Gasteiger partial charge in [-0.05, 0) is 36.1 Å². The zero-order valence-corrected chi connectivity index (χ0v) is 19.9. The van der Waals surface area contributed by atoms with Crippen LogP contribution in [-0.4, -0.2) is 24.3 Å². The van der Waals surface area contributed by atoms with Crippen LogP contribution in [0.4, 0.5) is 33.3 Å². The molecule has 1 aliphatic rings. The number of fused-ring (bicyclic) bond motifs is 1. The first-order valence-electron chi connectivity index (χ1n) is 10.4. The molecule has 0 saturated heterocycles. The average molecular weight is 521 g/mol. The van der Waals surface area contributed by atoms with Crippen LogP contribution in [0, 0.1) is 17.0 Å². The minimum atomic E-state index is -5.08. The van der Waals surface area contributed by atoms with Crippen molar-refractivity contribution in [1.29, 1.82) is 0 Å².